The summed E-state index contributed by atoms with van der Waals surface area (Å²) in [5, 5.41) is 13.6. The first-order chi connectivity index (χ1) is 15.8. The van der Waals surface area contributed by atoms with Crippen LogP contribution in [0.4, 0.5) is 5.82 Å². The van der Waals surface area contributed by atoms with Gasteiger partial charge in [0.25, 0.3) is 15.9 Å². The van der Waals surface area contributed by atoms with Crippen molar-refractivity contribution in [3.63, 3.8) is 0 Å². The van der Waals surface area contributed by atoms with Crippen LogP contribution in [0.15, 0.2) is 66.0 Å². The highest BCUT2D eigenvalue weighted by atomic mass is 32.2. The first-order valence-electron chi connectivity index (χ1n) is 9.70. The number of carbonyl (C=O) groups is 1. The van der Waals surface area contributed by atoms with Crippen LogP contribution in [0.2, 0.25) is 0 Å². The van der Waals surface area contributed by atoms with Gasteiger partial charge in [0, 0.05) is 24.7 Å². The molecule has 3 heterocycles. The van der Waals surface area contributed by atoms with Gasteiger partial charge in [-0.1, -0.05) is 6.07 Å². The number of nitrogens with zero attached hydrogens (tertiary/aromatic N) is 5. The number of benzene rings is 1. The maximum atomic E-state index is 13.9. The Balaban J connectivity index is 1.99. The number of anilines is 1. The fraction of sp³-hybridized carbons (Fsp3) is 0.143. The molecule has 0 saturated heterocycles. The molecule has 0 fully saturated rings. The number of nitrogens with one attached hydrogen (secondary N) is 1. The number of rotatable bonds is 7. The number of hydrogen-bond acceptors (Lipinski definition) is 8. The lowest BCUT2D eigenvalue weighted by atomic mass is 10.2. The zero-order valence-corrected chi connectivity index (χ0v) is 18.5. The number of ether oxygens (including phenoxy) is 1. The number of sulfonamides is 1. The number of fused-ring (bicyclic) bond motifs is 1. The van der Waals surface area contributed by atoms with E-state index >= 15 is 0 Å². The van der Waals surface area contributed by atoms with Gasteiger partial charge in [0.15, 0.2) is 11.5 Å². The molecule has 3 aromatic heterocycles. The fourth-order valence-corrected chi connectivity index (χ4v) is 4.76. The highest BCUT2D eigenvalue weighted by Crippen LogP contribution is 2.30. The van der Waals surface area contributed by atoms with Crippen LogP contribution < -0.4 is 14.5 Å². The molecule has 0 aliphatic carbocycles. The Bertz CT molecular complexity index is 1400. The molecule has 0 radical (unpaired) electrons. The maximum absolute atomic E-state index is 13.9. The van der Waals surface area contributed by atoms with E-state index in [2.05, 4.69) is 15.1 Å². The van der Waals surface area contributed by atoms with E-state index < -0.39 is 15.9 Å². The third-order valence-electron chi connectivity index (χ3n) is 4.86. The smallest absolute Gasteiger partial charge is 0.280 e. The normalized spacial score (nSPS) is 11.4. The van der Waals surface area contributed by atoms with Crippen molar-refractivity contribution >= 4 is 27.4 Å². The molecule has 0 atom stereocenters. The van der Waals surface area contributed by atoms with Crippen LogP contribution in [-0.2, 0) is 16.6 Å². The largest absolute Gasteiger partial charge is 0.497 e. The molecule has 0 aliphatic rings. The molecule has 4 aromatic rings. The number of hydrogen-bond donors (Lipinski definition) is 2. The minimum atomic E-state index is -4.22. The van der Waals surface area contributed by atoms with E-state index in [1.54, 1.807) is 36.8 Å². The summed E-state index contributed by atoms with van der Waals surface area (Å²) in [6, 6.07) is 10.9. The summed E-state index contributed by atoms with van der Waals surface area (Å²) in [6.07, 6.45) is 4.28. The monoisotopic (exact) mass is 468 g/mol. The molecule has 0 spiro atoms. The molecule has 0 bridgehead atoms. The molecule has 0 aliphatic heterocycles. The van der Waals surface area contributed by atoms with Gasteiger partial charge in [0.05, 0.1) is 24.2 Å². The predicted octanol–water partition coefficient (Wildman–Crippen LogP) is 1.96. The van der Waals surface area contributed by atoms with Crippen molar-refractivity contribution in [3.05, 3.63) is 77.9 Å². The minimum absolute atomic E-state index is 0.0311. The predicted molar refractivity (Wildman–Crippen MR) is 118 cm³/mol. The Kier molecular flexibility index (Phi) is 5.94. The summed E-state index contributed by atoms with van der Waals surface area (Å²) < 4.78 is 35.1. The topological polar surface area (TPSA) is 139 Å². The molecular weight excluding hydrogens is 448 g/mol. The van der Waals surface area contributed by atoms with Crippen molar-refractivity contribution in [3.8, 4) is 5.75 Å². The summed E-state index contributed by atoms with van der Waals surface area (Å²) in [6.45, 7) is 1.56. The first-order valence-corrected chi connectivity index (χ1v) is 11.1. The van der Waals surface area contributed by atoms with Gasteiger partial charge in [-0.3, -0.25) is 15.0 Å². The number of aromatic nitrogens is 4. The highest BCUT2D eigenvalue weighted by Gasteiger charge is 2.32. The number of pyridine rings is 1. The quantitative estimate of drug-likeness (QED) is 0.310. The van der Waals surface area contributed by atoms with Crippen molar-refractivity contribution in [1.29, 1.82) is 0 Å². The van der Waals surface area contributed by atoms with E-state index in [4.69, 9.17) is 4.74 Å². The molecule has 1 aromatic carbocycles. The number of aryl methyl sites for hydroxylation is 1. The zero-order chi connectivity index (χ0) is 23.6. The molecule has 4 rings (SSSR count). The third kappa shape index (κ3) is 4.21. The summed E-state index contributed by atoms with van der Waals surface area (Å²) in [4.78, 5) is 20.7. The summed E-state index contributed by atoms with van der Waals surface area (Å²) >= 11 is 0. The Morgan fingerprint density at radius 2 is 1.97 bits per heavy atom. The molecule has 11 nitrogen and oxygen atoms in total. The lowest BCUT2D eigenvalue weighted by Crippen LogP contribution is -2.35. The lowest BCUT2D eigenvalue weighted by molar-refractivity contribution is 0.0706. The fourth-order valence-electron chi connectivity index (χ4n) is 3.30. The summed E-state index contributed by atoms with van der Waals surface area (Å²) in [5.74, 6) is -0.532. The highest BCUT2D eigenvalue weighted by molar-refractivity contribution is 7.92. The van der Waals surface area contributed by atoms with Crippen LogP contribution in [0, 0.1) is 6.92 Å². The number of methoxy groups -OCH3 is 1. The second-order valence-corrected chi connectivity index (χ2v) is 8.90. The van der Waals surface area contributed by atoms with Gasteiger partial charge in [-0.25, -0.2) is 23.2 Å². The van der Waals surface area contributed by atoms with E-state index in [0.29, 0.717) is 22.7 Å². The van der Waals surface area contributed by atoms with Gasteiger partial charge in [-0.05, 0) is 42.8 Å². The van der Waals surface area contributed by atoms with Crippen molar-refractivity contribution < 1.29 is 23.2 Å². The molecule has 170 valence electrons. The van der Waals surface area contributed by atoms with Crippen LogP contribution in [0.5, 0.6) is 5.75 Å². The second kappa shape index (κ2) is 8.84. The van der Waals surface area contributed by atoms with Crippen molar-refractivity contribution in [2.45, 2.75) is 18.4 Å². The van der Waals surface area contributed by atoms with Crippen LogP contribution in [-0.4, -0.2) is 46.2 Å². The van der Waals surface area contributed by atoms with Gasteiger partial charge < -0.3 is 4.74 Å². The van der Waals surface area contributed by atoms with E-state index in [1.165, 1.54) is 48.3 Å². The van der Waals surface area contributed by atoms with E-state index in [9.17, 15) is 18.4 Å². The molecule has 2 N–H and O–H groups in total. The van der Waals surface area contributed by atoms with Crippen LogP contribution in [0.25, 0.3) is 5.65 Å². The van der Waals surface area contributed by atoms with E-state index in [1.807, 2.05) is 0 Å². The standard InChI is InChI=1S/C21H20N6O5S/c1-14-10-19-23-12-18(20(28)25-29)21(27(19)24-14)26(13-15-4-3-9-22-11-15)33(30,31)17-7-5-16(32-2)6-8-17/h3-12,29H,13H2,1-2H3,(H,25,28). The molecule has 1 amide bonds. The Hall–Kier alpha value is -4.03. The minimum Gasteiger partial charge on any atom is -0.497 e. The third-order valence-corrected chi connectivity index (χ3v) is 6.61. The SMILES string of the molecule is COc1ccc(S(=O)(=O)N(Cc2cccnc2)c2c(C(=O)NO)cnc3cc(C)nn23)cc1. The van der Waals surface area contributed by atoms with E-state index in [-0.39, 0.29) is 22.8 Å². The molecular formula is C21H20N6O5S. The Morgan fingerprint density at radius 1 is 1.21 bits per heavy atom. The second-order valence-electron chi connectivity index (χ2n) is 7.04. The average Bonchev–Trinajstić information content (AvgIpc) is 3.22. The van der Waals surface area contributed by atoms with Gasteiger partial charge in [-0.15, -0.1) is 0 Å². The van der Waals surface area contributed by atoms with Gasteiger partial charge in [-0.2, -0.15) is 9.61 Å². The lowest BCUT2D eigenvalue weighted by Gasteiger charge is -2.26. The maximum Gasteiger partial charge on any atom is 0.280 e. The van der Waals surface area contributed by atoms with Crippen LogP contribution in [0.1, 0.15) is 21.6 Å². The molecule has 33 heavy (non-hydrogen) atoms. The first kappa shape index (κ1) is 22.2. The Morgan fingerprint density at radius 3 is 2.61 bits per heavy atom. The van der Waals surface area contributed by atoms with Gasteiger partial charge in [0.1, 0.15) is 11.3 Å². The zero-order valence-electron chi connectivity index (χ0n) is 17.7. The summed E-state index contributed by atoms with van der Waals surface area (Å²) in [5.41, 5.74) is 2.83. The molecule has 0 saturated carbocycles. The Labute approximate surface area is 189 Å². The number of carbonyl (C=O) groups excluding carboxylic acids is 1. The molecule has 0 unspecified atom stereocenters. The molecule has 12 heteroatoms. The van der Waals surface area contributed by atoms with Crippen molar-refractivity contribution in [2.24, 2.45) is 0 Å². The van der Waals surface area contributed by atoms with E-state index in [0.717, 1.165) is 4.31 Å². The van der Waals surface area contributed by atoms with Gasteiger partial charge >= 0.3 is 0 Å². The number of amides is 1. The summed E-state index contributed by atoms with van der Waals surface area (Å²) in [7, 11) is -2.75. The van der Waals surface area contributed by atoms with Crippen molar-refractivity contribution in [1.82, 2.24) is 25.1 Å². The van der Waals surface area contributed by atoms with Crippen LogP contribution >= 0.6 is 0 Å². The van der Waals surface area contributed by atoms with Crippen molar-refractivity contribution in [2.75, 3.05) is 11.4 Å². The number of hydroxylamine groups is 1. The average molecular weight is 468 g/mol. The van der Waals surface area contributed by atoms with Crippen LogP contribution in [0.3, 0.4) is 0 Å². The van der Waals surface area contributed by atoms with Gasteiger partial charge in [0.2, 0.25) is 0 Å².